The van der Waals surface area contributed by atoms with Crippen molar-refractivity contribution in [2.75, 3.05) is 7.11 Å². The Labute approximate surface area is 188 Å². The van der Waals surface area contributed by atoms with Crippen molar-refractivity contribution in [1.29, 1.82) is 5.53 Å². The van der Waals surface area contributed by atoms with Gasteiger partial charge in [0.2, 0.25) is 0 Å². The van der Waals surface area contributed by atoms with Crippen molar-refractivity contribution in [3.8, 4) is 5.82 Å². The van der Waals surface area contributed by atoms with Crippen LogP contribution in [0.5, 0.6) is 0 Å². The number of thiazole rings is 1. The Kier molecular flexibility index (Phi) is 6.52. The maximum absolute atomic E-state index is 12.2. The largest absolute Gasteiger partial charge is 0.385 e. The highest BCUT2D eigenvalue weighted by molar-refractivity contribution is 7.16. The minimum atomic E-state index is -0.0249. The van der Waals surface area contributed by atoms with E-state index in [1.165, 1.54) is 17.5 Å². The maximum atomic E-state index is 12.2. The van der Waals surface area contributed by atoms with Gasteiger partial charge in [0.25, 0.3) is 0 Å². The smallest absolute Gasteiger partial charge is 0.310 e. The molecule has 0 aliphatic carbocycles. The quantitative estimate of drug-likeness (QED) is 0.376. The zero-order chi connectivity index (χ0) is 22.5. The number of benzene rings is 1. The Morgan fingerprint density at radius 3 is 2.94 bits per heavy atom. The summed E-state index contributed by atoms with van der Waals surface area (Å²) in [6, 6.07) is 11.9. The number of methoxy groups -OCH3 is 1. The number of pyridine rings is 1. The molecular weight excluding hydrogens is 426 g/mol. The summed E-state index contributed by atoms with van der Waals surface area (Å²) in [4.78, 5) is 16.7. The molecule has 0 aliphatic heterocycles. The number of nitrogens with zero attached hydrogens (tertiary/aromatic N) is 5. The molecule has 4 rings (SSSR count). The van der Waals surface area contributed by atoms with Crippen molar-refractivity contribution >= 4 is 21.6 Å². The van der Waals surface area contributed by atoms with Gasteiger partial charge in [-0.15, -0.1) is 0 Å². The first kappa shape index (κ1) is 21.6. The van der Waals surface area contributed by atoms with Crippen LogP contribution in [0.3, 0.4) is 0 Å². The van der Waals surface area contributed by atoms with E-state index in [1.807, 2.05) is 36.5 Å². The molecule has 1 atom stereocenters. The van der Waals surface area contributed by atoms with E-state index in [0.29, 0.717) is 6.54 Å². The molecule has 3 aromatic heterocycles. The van der Waals surface area contributed by atoms with Crippen LogP contribution >= 0.6 is 11.3 Å². The number of ether oxygens (including phenoxy) is 1. The fourth-order valence-electron chi connectivity index (χ4n) is 3.39. The molecule has 0 aliphatic rings. The van der Waals surface area contributed by atoms with Crippen molar-refractivity contribution < 1.29 is 4.74 Å². The third kappa shape index (κ3) is 4.51. The Balaban J connectivity index is 1.51. The predicted octanol–water partition coefficient (Wildman–Crippen LogP) is 3.99. The molecule has 0 spiro atoms. The van der Waals surface area contributed by atoms with Gasteiger partial charge in [-0.25, -0.2) is 15.2 Å². The van der Waals surface area contributed by atoms with Gasteiger partial charge in [-0.2, -0.15) is 10.2 Å². The normalized spacial score (nSPS) is 12.4. The van der Waals surface area contributed by atoms with Crippen LogP contribution < -0.4 is 10.2 Å². The average molecular weight is 450 g/mol. The number of rotatable bonds is 9. The van der Waals surface area contributed by atoms with E-state index in [9.17, 15) is 4.79 Å². The summed E-state index contributed by atoms with van der Waals surface area (Å²) >= 11 is 1.23. The molecule has 0 fully saturated rings. The van der Waals surface area contributed by atoms with Gasteiger partial charge in [-0.05, 0) is 35.4 Å². The van der Waals surface area contributed by atoms with E-state index >= 15 is 0 Å². The highest BCUT2D eigenvalue weighted by atomic mass is 32.1. The minimum absolute atomic E-state index is 0.0249. The summed E-state index contributed by atoms with van der Waals surface area (Å²) in [6.45, 7) is 2.95. The molecule has 0 saturated carbocycles. The van der Waals surface area contributed by atoms with Crippen molar-refractivity contribution in [3.63, 3.8) is 0 Å². The molecule has 4 aromatic rings. The fourth-order valence-corrected chi connectivity index (χ4v) is 4.32. The second-order valence-corrected chi connectivity index (χ2v) is 8.19. The first-order valence-corrected chi connectivity index (χ1v) is 10.8. The third-order valence-corrected chi connectivity index (χ3v) is 6.06. The second kappa shape index (κ2) is 9.67. The average Bonchev–Trinajstić information content (AvgIpc) is 3.42. The van der Waals surface area contributed by atoms with Crippen molar-refractivity contribution in [3.05, 3.63) is 87.7 Å². The number of nitrogens with one attached hydrogen (secondary N) is 2. The summed E-state index contributed by atoms with van der Waals surface area (Å²) in [5.74, 6) is 0.792. The van der Waals surface area contributed by atoms with E-state index < -0.39 is 0 Å². The zero-order valence-corrected chi connectivity index (χ0v) is 18.5. The van der Waals surface area contributed by atoms with Crippen molar-refractivity contribution in [2.24, 2.45) is 5.11 Å². The molecular formula is C22H23N7O2S. The molecule has 164 valence electrons. The molecule has 10 heteroatoms. The van der Waals surface area contributed by atoms with E-state index in [4.69, 9.17) is 15.4 Å². The van der Waals surface area contributed by atoms with Gasteiger partial charge in [-0.1, -0.05) is 30.4 Å². The van der Waals surface area contributed by atoms with Crippen molar-refractivity contribution in [1.82, 2.24) is 24.6 Å². The van der Waals surface area contributed by atoms with Crippen molar-refractivity contribution in [2.45, 2.75) is 26.1 Å². The van der Waals surface area contributed by atoms with Crippen LogP contribution in [-0.4, -0.2) is 26.4 Å². The van der Waals surface area contributed by atoms with Crippen LogP contribution in [0.15, 0.2) is 71.1 Å². The Hall–Kier alpha value is -3.63. The number of hydrogen-bond donors (Lipinski definition) is 2. The lowest BCUT2D eigenvalue weighted by atomic mass is 9.98. The summed E-state index contributed by atoms with van der Waals surface area (Å²) in [6.07, 6.45) is 6.68. The topological polar surface area (TPSA) is 110 Å². The standard InChI is InChI=1S/C22H23N7O2S/c1-15(17-4-5-19-20(11-17)32-22(30)28(19)14-31-2)18-7-10-29(27-18)21-6-3-16(13-25-21)12-24-8-9-26-23/h3-11,13,15,23-24H,12,14H2,1-2H3/b9-8-,26-23?. The summed E-state index contributed by atoms with van der Waals surface area (Å²) in [5.41, 5.74) is 10.6. The predicted molar refractivity (Wildman–Crippen MR) is 123 cm³/mol. The minimum Gasteiger partial charge on any atom is -0.385 e. The van der Waals surface area contributed by atoms with Gasteiger partial charge < -0.3 is 10.1 Å². The Morgan fingerprint density at radius 2 is 2.19 bits per heavy atom. The van der Waals surface area contributed by atoms with Gasteiger partial charge in [0.15, 0.2) is 5.82 Å². The zero-order valence-electron chi connectivity index (χ0n) is 17.7. The molecule has 3 heterocycles. The molecule has 0 bridgehead atoms. The highest BCUT2D eigenvalue weighted by Gasteiger charge is 2.15. The second-order valence-electron chi connectivity index (χ2n) is 7.20. The lowest BCUT2D eigenvalue weighted by Gasteiger charge is -2.10. The first-order chi connectivity index (χ1) is 15.6. The summed E-state index contributed by atoms with van der Waals surface area (Å²) in [7, 11) is 1.58. The van der Waals surface area contributed by atoms with E-state index in [2.05, 4.69) is 28.4 Å². The van der Waals surface area contributed by atoms with Crippen LogP contribution in [0.25, 0.3) is 16.0 Å². The summed E-state index contributed by atoms with van der Waals surface area (Å²) < 4.78 is 9.47. The van der Waals surface area contributed by atoms with Gasteiger partial charge in [0.05, 0.1) is 22.1 Å². The number of fused-ring (bicyclic) bond motifs is 1. The monoisotopic (exact) mass is 449 g/mol. The van der Waals surface area contributed by atoms with Crippen LogP contribution in [0, 0.1) is 5.53 Å². The van der Waals surface area contributed by atoms with Gasteiger partial charge in [0.1, 0.15) is 6.73 Å². The molecule has 0 radical (unpaired) electrons. The van der Waals surface area contributed by atoms with Crippen LogP contribution in [0.2, 0.25) is 0 Å². The lowest BCUT2D eigenvalue weighted by molar-refractivity contribution is 0.133. The van der Waals surface area contributed by atoms with Gasteiger partial charge >= 0.3 is 4.87 Å². The van der Waals surface area contributed by atoms with E-state index in [-0.39, 0.29) is 17.5 Å². The van der Waals surface area contributed by atoms with Gasteiger partial charge in [0, 0.05) is 38.2 Å². The molecule has 9 nitrogen and oxygen atoms in total. The number of aromatic nitrogens is 4. The molecule has 0 saturated heterocycles. The third-order valence-electron chi connectivity index (χ3n) is 5.12. The van der Waals surface area contributed by atoms with Crippen LogP contribution in [0.4, 0.5) is 0 Å². The highest BCUT2D eigenvalue weighted by Crippen LogP contribution is 2.27. The maximum Gasteiger partial charge on any atom is 0.310 e. The molecule has 1 unspecified atom stereocenters. The fraction of sp³-hybridized carbons (Fsp3) is 0.227. The first-order valence-electron chi connectivity index (χ1n) is 9.98. The molecule has 2 N–H and O–H groups in total. The lowest BCUT2D eigenvalue weighted by Crippen LogP contribution is -2.13. The van der Waals surface area contributed by atoms with Crippen LogP contribution in [-0.2, 0) is 18.0 Å². The van der Waals surface area contributed by atoms with Gasteiger partial charge in [-0.3, -0.25) is 9.36 Å². The van der Waals surface area contributed by atoms with Crippen LogP contribution in [0.1, 0.15) is 29.7 Å². The van der Waals surface area contributed by atoms with E-state index in [1.54, 1.807) is 28.8 Å². The van der Waals surface area contributed by atoms with E-state index in [0.717, 1.165) is 32.9 Å². The SMILES string of the molecule is COCn1c(=O)sc2cc(C(C)c3ccn(-c4ccc(CN/C=C\N=N)cn4)n3)ccc21. The number of hydrogen-bond acceptors (Lipinski definition) is 8. The Morgan fingerprint density at radius 1 is 1.31 bits per heavy atom. The molecule has 0 amide bonds. The molecule has 32 heavy (non-hydrogen) atoms. The molecule has 1 aromatic carbocycles. The summed E-state index contributed by atoms with van der Waals surface area (Å²) in [5, 5.41) is 10.9. The Bertz CT molecular complexity index is 1300.